The van der Waals surface area contributed by atoms with Gasteiger partial charge in [-0.05, 0) is 98.4 Å². The molecular weight excluding hydrogens is 486 g/mol. The molecule has 0 aromatic heterocycles. The lowest BCUT2D eigenvalue weighted by Gasteiger charge is -2.58. The minimum absolute atomic E-state index is 0.0501. The van der Waals surface area contributed by atoms with Crippen molar-refractivity contribution < 1.29 is 19.1 Å². The molecule has 5 rings (SSSR count). The van der Waals surface area contributed by atoms with E-state index in [-0.39, 0.29) is 29.0 Å². The number of nitrogens with one attached hydrogen (secondary N) is 1. The second-order valence-electron chi connectivity index (χ2n) is 14.4. The smallest absolute Gasteiger partial charge is 0.305 e. The van der Waals surface area contributed by atoms with Gasteiger partial charge in [-0.1, -0.05) is 46.3 Å². The monoisotopic (exact) mass is 539 g/mol. The fourth-order valence-electron chi connectivity index (χ4n) is 10.1. The summed E-state index contributed by atoms with van der Waals surface area (Å²) in [5.41, 5.74) is 3.57. The van der Waals surface area contributed by atoms with Crippen molar-refractivity contribution in [3.63, 3.8) is 0 Å². The number of fused-ring (bicyclic) bond motifs is 7. The van der Waals surface area contributed by atoms with Crippen LogP contribution in [0.3, 0.4) is 0 Å². The van der Waals surface area contributed by atoms with Gasteiger partial charge in [-0.2, -0.15) is 0 Å². The summed E-state index contributed by atoms with van der Waals surface area (Å²) in [5.74, 6) is 4.35. The fraction of sp³-hybridized carbons (Fsp3) is 0.824. The molecule has 0 spiro atoms. The maximum atomic E-state index is 12.0. The fourth-order valence-corrected chi connectivity index (χ4v) is 10.1. The van der Waals surface area contributed by atoms with E-state index in [4.69, 9.17) is 9.47 Å². The highest BCUT2D eigenvalue weighted by Crippen LogP contribution is 2.72. The van der Waals surface area contributed by atoms with E-state index in [1.807, 2.05) is 6.92 Å². The number of carbonyl (C=O) groups excluding carboxylic acids is 2. The van der Waals surface area contributed by atoms with E-state index < -0.39 is 0 Å². The lowest BCUT2D eigenvalue weighted by Crippen LogP contribution is -2.50. The Labute approximate surface area is 236 Å². The van der Waals surface area contributed by atoms with E-state index in [1.165, 1.54) is 37.0 Å². The topological polar surface area (TPSA) is 64.6 Å². The van der Waals surface area contributed by atoms with Crippen LogP contribution in [0.15, 0.2) is 23.0 Å². The Morgan fingerprint density at radius 1 is 1.18 bits per heavy atom. The van der Waals surface area contributed by atoms with E-state index in [0.29, 0.717) is 29.6 Å². The first kappa shape index (κ1) is 28.7. The summed E-state index contributed by atoms with van der Waals surface area (Å²) in [6.07, 6.45) is 14.2. The number of hydrogen-bond donors (Lipinski definition) is 1. The predicted molar refractivity (Wildman–Crippen MR) is 155 cm³/mol. The van der Waals surface area contributed by atoms with Crippen LogP contribution in [-0.2, 0) is 19.1 Å². The van der Waals surface area contributed by atoms with E-state index >= 15 is 0 Å². The zero-order valence-electron chi connectivity index (χ0n) is 25.7. The third-order valence-corrected chi connectivity index (χ3v) is 12.2. The largest absolute Gasteiger partial charge is 0.491 e. The van der Waals surface area contributed by atoms with Gasteiger partial charge >= 0.3 is 5.97 Å². The van der Waals surface area contributed by atoms with Crippen LogP contribution in [0.2, 0.25) is 0 Å². The molecule has 5 aliphatic rings. The third kappa shape index (κ3) is 4.78. The number of carbonyl (C=O) groups is 2. The second-order valence-corrected chi connectivity index (χ2v) is 14.4. The van der Waals surface area contributed by atoms with Gasteiger partial charge in [0.2, 0.25) is 5.91 Å². The number of hydrogen-bond acceptors (Lipinski definition) is 4. The molecular formula is C34H53NO4. The summed E-state index contributed by atoms with van der Waals surface area (Å²) < 4.78 is 12.9. The van der Waals surface area contributed by atoms with Crippen molar-refractivity contribution >= 4 is 11.9 Å². The van der Waals surface area contributed by atoms with Crippen LogP contribution >= 0.6 is 0 Å². The Hall–Kier alpha value is -1.78. The summed E-state index contributed by atoms with van der Waals surface area (Å²) in [5, 5.41) is 2.97. The van der Waals surface area contributed by atoms with Crippen molar-refractivity contribution in [2.75, 3.05) is 6.54 Å². The first-order chi connectivity index (χ1) is 18.5. The van der Waals surface area contributed by atoms with Gasteiger partial charge in [-0.15, -0.1) is 0 Å². The Kier molecular flexibility index (Phi) is 7.78. The molecule has 0 aromatic carbocycles. The molecule has 0 aromatic rings. The van der Waals surface area contributed by atoms with E-state index in [9.17, 15) is 9.59 Å². The van der Waals surface area contributed by atoms with Crippen LogP contribution in [-0.4, -0.2) is 30.1 Å². The molecule has 1 aliphatic heterocycles. The number of rotatable bonds is 8. The third-order valence-electron chi connectivity index (χ3n) is 12.2. The molecule has 218 valence electrons. The molecule has 3 fully saturated rings. The normalized spacial score (nSPS) is 41.4. The highest BCUT2D eigenvalue weighted by atomic mass is 16.5. The van der Waals surface area contributed by atoms with E-state index in [2.05, 4.69) is 46.0 Å². The molecule has 0 saturated heterocycles. The molecule has 0 radical (unpaired) electrons. The van der Waals surface area contributed by atoms with Crippen LogP contribution in [0, 0.1) is 40.4 Å². The first-order valence-electron chi connectivity index (χ1n) is 16.0. The average molecular weight is 540 g/mol. The summed E-state index contributed by atoms with van der Waals surface area (Å²) in [6.45, 7) is 16.3. The molecule has 5 heteroatoms. The molecule has 9 atom stereocenters. The molecule has 4 aliphatic carbocycles. The zero-order valence-corrected chi connectivity index (χ0v) is 25.7. The lowest BCUT2D eigenvalue weighted by molar-refractivity contribution is -0.151. The van der Waals surface area contributed by atoms with Crippen LogP contribution in [0.25, 0.3) is 0 Å². The van der Waals surface area contributed by atoms with Gasteiger partial charge in [-0.25, -0.2) is 0 Å². The van der Waals surface area contributed by atoms with Crippen LogP contribution in [0.5, 0.6) is 0 Å². The molecule has 9 unspecified atom stereocenters. The summed E-state index contributed by atoms with van der Waals surface area (Å²) >= 11 is 0. The predicted octanol–water partition coefficient (Wildman–Crippen LogP) is 7.50. The highest BCUT2D eigenvalue weighted by molar-refractivity contribution is 5.72. The molecule has 3 saturated carbocycles. The van der Waals surface area contributed by atoms with Gasteiger partial charge in [0.1, 0.15) is 11.7 Å². The van der Waals surface area contributed by atoms with Crippen molar-refractivity contribution in [2.24, 2.45) is 40.4 Å². The Balaban J connectivity index is 1.34. The molecule has 1 amide bonds. The number of esters is 1. The molecule has 1 N–H and O–H groups in total. The van der Waals surface area contributed by atoms with Crippen molar-refractivity contribution in [3.05, 3.63) is 23.0 Å². The Morgan fingerprint density at radius 3 is 2.64 bits per heavy atom. The number of allylic oxidation sites excluding steroid dienone is 2. The molecule has 1 heterocycles. The van der Waals surface area contributed by atoms with Gasteiger partial charge in [0.15, 0.2) is 0 Å². The molecule has 0 bridgehead atoms. The SMILES string of the molecule is CCC(=O)OC1CCC2(C)C(=CCC3C2CCC2(C)C3CC3(CC)OC(CCC(C)CNC(C)=O)=C(C)C32)C1. The molecule has 5 nitrogen and oxygen atoms in total. The van der Waals surface area contributed by atoms with Crippen LogP contribution in [0.4, 0.5) is 0 Å². The van der Waals surface area contributed by atoms with E-state index in [0.717, 1.165) is 56.9 Å². The first-order valence-corrected chi connectivity index (χ1v) is 16.0. The van der Waals surface area contributed by atoms with Crippen molar-refractivity contribution in [2.45, 2.75) is 131 Å². The Bertz CT molecular complexity index is 1050. The van der Waals surface area contributed by atoms with Crippen molar-refractivity contribution in [3.8, 4) is 0 Å². The Morgan fingerprint density at radius 2 is 1.95 bits per heavy atom. The quantitative estimate of drug-likeness (QED) is 0.256. The van der Waals surface area contributed by atoms with Gasteiger partial charge < -0.3 is 14.8 Å². The number of amides is 1. The molecule has 39 heavy (non-hydrogen) atoms. The van der Waals surface area contributed by atoms with Gasteiger partial charge in [0.25, 0.3) is 0 Å². The van der Waals surface area contributed by atoms with Crippen LogP contribution < -0.4 is 5.32 Å². The van der Waals surface area contributed by atoms with Gasteiger partial charge in [0, 0.05) is 38.6 Å². The van der Waals surface area contributed by atoms with Crippen molar-refractivity contribution in [1.29, 1.82) is 0 Å². The van der Waals surface area contributed by atoms with Gasteiger partial charge in [-0.3, -0.25) is 9.59 Å². The standard InChI is InChI=1S/C34H53NO4/c1-8-30(37)38-25-14-16-32(6)24(18-25)11-12-26-27(32)15-17-33(7)28(26)19-34(9-2)31(33)22(4)29(39-34)13-10-21(3)20-35-23(5)36/h11,21,25-28,31H,8-10,12-20H2,1-7H3,(H,35,36). The lowest BCUT2D eigenvalue weighted by atomic mass is 9.47. The summed E-state index contributed by atoms with van der Waals surface area (Å²) in [6, 6.07) is 0. The highest BCUT2D eigenvalue weighted by Gasteiger charge is 2.68. The second kappa shape index (κ2) is 10.6. The minimum Gasteiger partial charge on any atom is -0.491 e. The average Bonchev–Trinajstić information content (AvgIpc) is 3.34. The van der Waals surface area contributed by atoms with E-state index in [1.54, 1.807) is 12.5 Å². The van der Waals surface area contributed by atoms with Crippen LogP contribution in [0.1, 0.15) is 119 Å². The zero-order chi connectivity index (χ0) is 28.2. The minimum atomic E-state index is -0.0568. The summed E-state index contributed by atoms with van der Waals surface area (Å²) in [4.78, 5) is 23.3. The van der Waals surface area contributed by atoms with Crippen molar-refractivity contribution in [1.82, 2.24) is 5.32 Å². The maximum Gasteiger partial charge on any atom is 0.305 e. The maximum absolute atomic E-state index is 12.0. The number of ether oxygens (including phenoxy) is 2. The van der Waals surface area contributed by atoms with Gasteiger partial charge in [0.05, 0.1) is 5.76 Å². The summed E-state index contributed by atoms with van der Waals surface area (Å²) in [7, 11) is 0.